The lowest BCUT2D eigenvalue weighted by atomic mass is 9.62. The number of hydrogen-bond donors (Lipinski definition) is 1. The summed E-state index contributed by atoms with van der Waals surface area (Å²) in [7, 11) is 0. The zero-order valence-electron chi connectivity index (χ0n) is 13.3. The van der Waals surface area contributed by atoms with Gasteiger partial charge in [0.15, 0.2) is 0 Å². The lowest BCUT2D eigenvalue weighted by molar-refractivity contribution is -0.111. The van der Waals surface area contributed by atoms with Gasteiger partial charge in [0.2, 0.25) is 0 Å². The fraction of sp³-hybridized carbons (Fsp3) is 0.875. The number of nitrogens with one attached hydrogen (secondary N) is 1. The number of carbonyl (C=O) groups excluding carboxylic acids is 2. The molecule has 20 heavy (non-hydrogen) atoms. The Hall–Kier alpha value is -1.06. The number of fused-ring (bicyclic) bond motifs is 2. The maximum absolute atomic E-state index is 12.2. The molecule has 2 aliphatic carbocycles. The van der Waals surface area contributed by atoms with Crippen LogP contribution in [0.2, 0.25) is 0 Å². The smallest absolute Gasteiger partial charge is 0.408 e. The predicted molar refractivity (Wildman–Crippen MR) is 77.4 cm³/mol. The molecule has 2 rings (SSSR count). The highest BCUT2D eigenvalue weighted by Gasteiger charge is 2.63. The summed E-state index contributed by atoms with van der Waals surface area (Å²) in [5.41, 5.74) is -1.03. The van der Waals surface area contributed by atoms with Crippen LogP contribution in [0.4, 0.5) is 4.79 Å². The summed E-state index contributed by atoms with van der Waals surface area (Å²) >= 11 is 0. The van der Waals surface area contributed by atoms with Gasteiger partial charge in [-0.1, -0.05) is 13.8 Å². The Kier molecular flexibility index (Phi) is 3.64. The van der Waals surface area contributed by atoms with E-state index in [0.29, 0.717) is 18.3 Å². The fourth-order valence-corrected chi connectivity index (χ4v) is 4.34. The van der Waals surface area contributed by atoms with Gasteiger partial charge in [0.25, 0.3) is 0 Å². The second-order valence-corrected chi connectivity index (χ2v) is 7.90. The molecule has 0 aromatic carbocycles. The third-order valence-corrected chi connectivity index (χ3v) is 5.43. The Balaban J connectivity index is 2.23. The molecule has 0 aliphatic heterocycles. The van der Waals surface area contributed by atoms with Crippen molar-refractivity contribution in [2.24, 2.45) is 17.3 Å². The molecular weight excluding hydrogens is 254 g/mol. The van der Waals surface area contributed by atoms with Crippen molar-refractivity contribution in [1.29, 1.82) is 0 Å². The first kappa shape index (κ1) is 15.3. The SMILES string of the molecule is CC(C)(C)OC(=O)NC1(CC=O)C2CCC(C2)C1(C)C. The van der Waals surface area contributed by atoms with Gasteiger partial charge >= 0.3 is 6.09 Å². The third-order valence-electron chi connectivity index (χ3n) is 5.43. The van der Waals surface area contributed by atoms with E-state index < -0.39 is 17.2 Å². The third kappa shape index (κ3) is 2.33. The Morgan fingerprint density at radius 1 is 1.30 bits per heavy atom. The molecule has 0 saturated heterocycles. The van der Waals surface area contributed by atoms with E-state index in [2.05, 4.69) is 19.2 Å². The molecule has 4 nitrogen and oxygen atoms in total. The number of amides is 1. The van der Waals surface area contributed by atoms with Crippen LogP contribution >= 0.6 is 0 Å². The van der Waals surface area contributed by atoms with Crippen molar-refractivity contribution >= 4 is 12.4 Å². The Morgan fingerprint density at radius 3 is 2.35 bits per heavy atom. The zero-order chi connectivity index (χ0) is 15.2. The van der Waals surface area contributed by atoms with Gasteiger partial charge in [0.1, 0.15) is 11.9 Å². The highest BCUT2D eigenvalue weighted by atomic mass is 16.6. The predicted octanol–water partition coefficient (Wildman–Crippen LogP) is 3.30. The average Bonchev–Trinajstić information content (AvgIpc) is 2.79. The van der Waals surface area contributed by atoms with Crippen LogP contribution < -0.4 is 5.32 Å². The molecule has 2 saturated carbocycles. The molecule has 2 fully saturated rings. The number of alkyl carbamates (subject to hydrolysis) is 1. The van der Waals surface area contributed by atoms with E-state index in [9.17, 15) is 9.59 Å². The second kappa shape index (κ2) is 4.74. The molecule has 0 aromatic rings. The molecule has 0 radical (unpaired) electrons. The summed E-state index contributed by atoms with van der Waals surface area (Å²) in [6.45, 7) is 9.91. The standard InChI is InChI=1S/C16H27NO3/c1-14(2,3)20-13(19)17-16(8-9-18)12-7-6-11(10-12)15(16,4)5/h9,11-12H,6-8,10H2,1-5H3,(H,17,19). The normalized spacial score (nSPS) is 34.9. The average molecular weight is 281 g/mol. The van der Waals surface area contributed by atoms with E-state index in [4.69, 9.17) is 4.74 Å². The van der Waals surface area contributed by atoms with Crippen molar-refractivity contribution < 1.29 is 14.3 Å². The minimum atomic E-state index is -0.520. The molecule has 3 unspecified atom stereocenters. The monoisotopic (exact) mass is 281 g/mol. The highest BCUT2D eigenvalue weighted by molar-refractivity contribution is 5.70. The molecule has 4 heteroatoms. The van der Waals surface area contributed by atoms with Crippen LogP contribution in [0, 0.1) is 17.3 Å². The first-order valence-electron chi connectivity index (χ1n) is 7.57. The van der Waals surface area contributed by atoms with Crippen LogP contribution in [0.1, 0.15) is 60.3 Å². The molecule has 0 aromatic heterocycles. The van der Waals surface area contributed by atoms with Crippen molar-refractivity contribution in [3.05, 3.63) is 0 Å². The quantitative estimate of drug-likeness (QED) is 0.808. The van der Waals surface area contributed by atoms with Crippen LogP contribution in [0.25, 0.3) is 0 Å². The van der Waals surface area contributed by atoms with Crippen LogP contribution in [-0.2, 0) is 9.53 Å². The maximum Gasteiger partial charge on any atom is 0.408 e. The molecular formula is C16H27NO3. The van der Waals surface area contributed by atoms with E-state index in [0.717, 1.165) is 19.1 Å². The second-order valence-electron chi connectivity index (χ2n) is 7.90. The minimum Gasteiger partial charge on any atom is -0.444 e. The summed E-state index contributed by atoms with van der Waals surface area (Å²) in [4.78, 5) is 23.4. The van der Waals surface area contributed by atoms with Gasteiger partial charge in [-0.2, -0.15) is 0 Å². The molecule has 2 bridgehead atoms. The van der Waals surface area contributed by atoms with Gasteiger partial charge in [-0.25, -0.2) is 4.79 Å². The summed E-state index contributed by atoms with van der Waals surface area (Å²) in [5.74, 6) is 0.975. The number of aldehydes is 1. The van der Waals surface area contributed by atoms with E-state index in [1.165, 1.54) is 6.42 Å². The van der Waals surface area contributed by atoms with Crippen LogP contribution in [-0.4, -0.2) is 23.5 Å². The van der Waals surface area contributed by atoms with Gasteiger partial charge in [0.05, 0.1) is 5.54 Å². The van der Waals surface area contributed by atoms with Gasteiger partial charge in [0, 0.05) is 6.42 Å². The topological polar surface area (TPSA) is 55.4 Å². The summed E-state index contributed by atoms with van der Waals surface area (Å²) < 4.78 is 5.41. The molecule has 0 spiro atoms. The maximum atomic E-state index is 12.2. The van der Waals surface area contributed by atoms with Gasteiger partial charge < -0.3 is 14.8 Å². The zero-order valence-corrected chi connectivity index (χ0v) is 13.3. The van der Waals surface area contributed by atoms with Gasteiger partial charge in [-0.05, 0) is 57.3 Å². The molecule has 2 aliphatic rings. The minimum absolute atomic E-state index is 0.0618. The number of rotatable bonds is 3. The number of hydrogen-bond acceptors (Lipinski definition) is 3. The molecule has 114 valence electrons. The van der Waals surface area contributed by atoms with E-state index in [1.54, 1.807) is 0 Å². The summed E-state index contributed by atoms with van der Waals surface area (Å²) in [6, 6.07) is 0. The largest absolute Gasteiger partial charge is 0.444 e. The molecule has 1 amide bonds. The fourth-order valence-electron chi connectivity index (χ4n) is 4.34. The van der Waals surface area contributed by atoms with E-state index in [-0.39, 0.29) is 5.41 Å². The van der Waals surface area contributed by atoms with Crippen LogP contribution in [0.15, 0.2) is 0 Å². The number of carbonyl (C=O) groups is 2. The molecule has 1 N–H and O–H groups in total. The van der Waals surface area contributed by atoms with Crippen LogP contribution in [0.5, 0.6) is 0 Å². The first-order chi connectivity index (χ1) is 9.12. The van der Waals surface area contributed by atoms with Crippen molar-refractivity contribution in [1.82, 2.24) is 5.32 Å². The van der Waals surface area contributed by atoms with Crippen molar-refractivity contribution in [2.75, 3.05) is 0 Å². The van der Waals surface area contributed by atoms with Crippen LogP contribution in [0.3, 0.4) is 0 Å². The van der Waals surface area contributed by atoms with Gasteiger partial charge in [-0.15, -0.1) is 0 Å². The number of ether oxygens (including phenoxy) is 1. The first-order valence-corrected chi connectivity index (χ1v) is 7.57. The lowest BCUT2D eigenvalue weighted by Gasteiger charge is -2.49. The van der Waals surface area contributed by atoms with Crippen molar-refractivity contribution in [3.63, 3.8) is 0 Å². The lowest BCUT2D eigenvalue weighted by Crippen LogP contribution is -2.62. The highest BCUT2D eigenvalue weighted by Crippen LogP contribution is 2.62. The van der Waals surface area contributed by atoms with Crippen molar-refractivity contribution in [2.45, 2.75) is 71.4 Å². The summed E-state index contributed by atoms with van der Waals surface area (Å²) in [6.07, 6.45) is 4.32. The Bertz CT molecular complexity index is 410. The molecule has 3 atom stereocenters. The Labute approximate surface area is 121 Å². The van der Waals surface area contributed by atoms with Crippen molar-refractivity contribution in [3.8, 4) is 0 Å². The van der Waals surface area contributed by atoms with E-state index in [1.807, 2.05) is 20.8 Å². The molecule has 0 heterocycles. The van der Waals surface area contributed by atoms with E-state index >= 15 is 0 Å². The Morgan fingerprint density at radius 2 is 1.90 bits per heavy atom. The summed E-state index contributed by atoms with van der Waals surface area (Å²) in [5, 5.41) is 3.08. The van der Waals surface area contributed by atoms with Gasteiger partial charge in [-0.3, -0.25) is 0 Å².